The van der Waals surface area contributed by atoms with Gasteiger partial charge < -0.3 is 10.7 Å². The van der Waals surface area contributed by atoms with Gasteiger partial charge in [0.1, 0.15) is 17.8 Å². The fourth-order valence-electron chi connectivity index (χ4n) is 2.76. The lowest BCUT2D eigenvalue weighted by Crippen LogP contribution is -1.92. The van der Waals surface area contributed by atoms with Crippen LogP contribution in [0.25, 0.3) is 33.4 Å². The highest BCUT2D eigenvalue weighted by molar-refractivity contribution is 6.07. The summed E-state index contributed by atoms with van der Waals surface area (Å²) in [5.41, 5.74) is 11.1. The van der Waals surface area contributed by atoms with Crippen LogP contribution in [0.4, 0.5) is 5.82 Å². The Kier molecular flexibility index (Phi) is 2.86. The van der Waals surface area contributed by atoms with E-state index in [1.54, 1.807) is 0 Å². The molecule has 4 heteroatoms. The van der Waals surface area contributed by atoms with Crippen LogP contribution in [0, 0.1) is 0 Å². The SMILES string of the molecule is Nc1ncnc2[nH]c(-c3ccccc3)c(-c3ccccc3)c12. The highest BCUT2D eigenvalue weighted by Crippen LogP contribution is 2.39. The molecule has 22 heavy (non-hydrogen) atoms. The van der Waals surface area contributed by atoms with Crippen molar-refractivity contribution >= 4 is 16.9 Å². The molecular weight excluding hydrogens is 272 g/mol. The predicted molar refractivity (Wildman–Crippen MR) is 89.2 cm³/mol. The van der Waals surface area contributed by atoms with E-state index in [0.717, 1.165) is 33.4 Å². The molecule has 2 aromatic carbocycles. The van der Waals surface area contributed by atoms with Crippen molar-refractivity contribution in [3.63, 3.8) is 0 Å². The van der Waals surface area contributed by atoms with Gasteiger partial charge in [-0.15, -0.1) is 0 Å². The molecule has 2 heterocycles. The first-order valence-electron chi connectivity index (χ1n) is 7.07. The number of rotatable bonds is 2. The van der Waals surface area contributed by atoms with Gasteiger partial charge in [0.25, 0.3) is 0 Å². The van der Waals surface area contributed by atoms with Gasteiger partial charge in [-0.25, -0.2) is 9.97 Å². The summed E-state index contributed by atoms with van der Waals surface area (Å²) in [5, 5.41) is 0.868. The Hall–Kier alpha value is -3.14. The summed E-state index contributed by atoms with van der Waals surface area (Å²) in [6.45, 7) is 0. The van der Waals surface area contributed by atoms with Gasteiger partial charge in [0.2, 0.25) is 0 Å². The second-order valence-electron chi connectivity index (χ2n) is 5.09. The van der Waals surface area contributed by atoms with Crippen molar-refractivity contribution in [2.24, 2.45) is 0 Å². The van der Waals surface area contributed by atoms with Crippen molar-refractivity contribution in [3.8, 4) is 22.4 Å². The molecule has 4 rings (SSSR count). The number of nitrogens with two attached hydrogens (primary N) is 1. The minimum absolute atomic E-state index is 0.488. The summed E-state index contributed by atoms with van der Waals surface area (Å²) in [7, 11) is 0. The van der Waals surface area contributed by atoms with Crippen LogP contribution in [-0.2, 0) is 0 Å². The predicted octanol–water partition coefficient (Wildman–Crippen LogP) is 3.87. The summed E-state index contributed by atoms with van der Waals surface area (Å²) < 4.78 is 0. The monoisotopic (exact) mass is 286 g/mol. The molecule has 0 aliphatic heterocycles. The molecule has 0 spiro atoms. The molecule has 0 radical (unpaired) electrons. The average molecular weight is 286 g/mol. The smallest absolute Gasteiger partial charge is 0.143 e. The van der Waals surface area contributed by atoms with Crippen LogP contribution in [0.3, 0.4) is 0 Å². The zero-order valence-electron chi connectivity index (χ0n) is 11.8. The Bertz CT molecular complexity index is 927. The standard InChI is InChI=1S/C18H14N4/c19-17-15-14(12-7-3-1-4-8-12)16(13-9-5-2-6-10-13)22-18(15)21-11-20-17/h1-11H,(H3,19,20,21,22). The van der Waals surface area contributed by atoms with E-state index < -0.39 is 0 Å². The number of nitrogen functional groups attached to an aromatic ring is 1. The van der Waals surface area contributed by atoms with Gasteiger partial charge in [0.15, 0.2) is 0 Å². The molecule has 106 valence electrons. The molecule has 0 fully saturated rings. The number of benzene rings is 2. The van der Waals surface area contributed by atoms with Crippen molar-refractivity contribution in [1.82, 2.24) is 15.0 Å². The lowest BCUT2D eigenvalue weighted by molar-refractivity contribution is 1.21. The summed E-state index contributed by atoms with van der Waals surface area (Å²) in [6, 6.07) is 20.4. The lowest BCUT2D eigenvalue weighted by atomic mass is 9.99. The molecule has 3 N–H and O–H groups in total. The molecule has 0 amide bonds. The summed E-state index contributed by atoms with van der Waals surface area (Å²) >= 11 is 0. The van der Waals surface area contributed by atoms with Gasteiger partial charge in [0, 0.05) is 5.56 Å². The molecule has 0 bridgehead atoms. The first-order chi connectivity index (χ1) is 10.8. The third-order valence-corrected chi connectivity index (χ3v) is 3.74. The van der Waals surface area contributed by atoms with Gasteiger partial charge in [-0.1, -0.05) is 60.7 Å². The van der Waals surface area contributed by atoms with Gasteiger partial charge in [-0.05, 0) is 11.1 Å². The van der Waals surface area contributed by atoms with E-state index in [1.165, 1.54) is 6.33 Å². The van der Waals surface area contributed by atoms with E-state index in [1.807, 2.05) is 36.4 Å². The Morgan fingerprint density at radius 3 is 2.09 bits per heavy atom. The van der Waals surface area contributed by atoms with Crippen molar-refractivity contribution in [2.75, 3.05) is 5.73 Å². The van der Waals surface area contributed by atoms with E-state index in [2.05, 4.69) is 39.2 Å². The van der Waals surface area contributed by atoms with Crippen molar-refractivity contribution in [3.05, 3.63) is 67.0 Å². The van der Waals surface area contributed by atoms with Gasteiger partial charge in [-0.2, -0.15) is 0 Å². The summed E-state index contributed by atoms with van der Waals surface area (Å²) in [5.74, 6) is 0.488. The number of aromatic nitrogens is 3. The molecule has 0 aliphatic rings. The number of fused-ring (bicyclic) bond motifs is 1. The largest absolute Gasteiger partial charge is 0.383 e. The fraction of sp³-hybridized carbons (Fsp3) is 0. The first kappa shape index (κ1) is 12.6. The third-order valence-electron chi connectivity index (χ3n) is 3.74. The molecule has 4 nitrogen and oxygen atoms in total. The summed E-state index contributed by atoms with van der Waals surface area (Å²) in [4.78, 5) is 11.9. The fourth-order valence-corrected chi connectivity index (χ4v) is 2.76. The van der Waals surface area contributed by atoms with Crippen LogP contribution in [0.1, 0.15) is 0 Å². The Balaban J connectivity index is 2.11. The maximum Gasteiger partial charge on any atom is 0.143 e. The third kappa shape index (κ3) is 1.93. The second-order valence-corrected chi connectivity index (χ2v) is 5.09. The highest BCUT2D eigenvalue weighted by atomic mass is 15.0. The van der Waals surface area contributed by atoms with Gasteiger partial charge >= 0.3 is 0 Å². The van der Waals surface area contributed by atoms with Crippen LogP contribution in [0.5, 0.6) is 0 Å². The first-order valence-corrected chi connectivity index (χ1v) is 7.07. The number of nitrogens with zero attached hydrogens (tertiary/aromatic N) is 2. The van der Waals surface area contributed by atoms with Gasteiger partial charge in [-0.3, -0.25) is 0 Å². The highest BCUT2D eigenvalue weighted by Gasteiger charge is 2.17. The van der Waals surface area contributed by atoms with Crippen LogP contribution in [-0.4, -0.2) is 15.0 Å². The molecule has 4 aromatic rings. The molecule has 0 atom stereocenters. The number of H-pyrrole nitrogens is 1. The summed E-state index contributed by atoms with van der Waals surface area (Å²) in [6.07, 6.45) is 1.48. The molecule has 0 aliphatic carbocycles. The number of hydrogen-bond donors (Lipinski definition) is 2. The van der Waals surface area contributed by atoms with Gasteiger partial charge in [0.05, 0.1) is 11.1 Å². The Morgan fingerprint density at radius 1 is 0.773 bits per heavy atom. The average Bonchev–Trinajstić information content (AvgIpc) is 2.97. The molecule has 2 aromatic heterocycles. The minimum atomic E-state index is 0.488. The number of nitrogens with one attached hydrogen (secondary N) is 1. The maximum atomic E-state index is 6.11. The van der Waals surface area contributed by atoms with Crippen molar-refractivity contribution < 1.29 is 0 Å². The second kappa shape index (κ2) is 5.00. The van der Waals surface area contributed by atoms with E-state index in [9.17, 15) is 0 Å². The zero-order valence-corrected chi connectivity index (χ0v) is 11.8. The van der Waals surface area contributed by atoms with E-state index in [-0.39, 0.29) is 0 Å². The lowest BCUT2D eigenvalue weighted by Gasteiger charge is -2.06. The number of anilines is 1. The van der Waals surface area contributed by atoms with E-state index >= 15 is 0 Å². The minimum Gasteiger partial charge on any atom is -0.383 e. The van der Waals surface area contributed by atoms with Crippen molar-refractivity contribution in [1.29, 1.82) is 0 Å². The maximum absolute atomic E-state index is 6.11. The molecular formula is C18H14N4. The number of aromatic amines is 1. The van der Waals surface area contributed by atoms with E-state index in [4.69, 9.17) is 5.73 Å². The van der Waals surface area contributed by atoms with Crippen LogP contribution in [0.2, 0.25) is 0 Å². The van der Waals surface area contributed by atoms with Crippen LogP contribution >= 0.6 is 0 Å². The Labute approximate surface area is 127 Å². The van der Waals surface area contributed by atoms with Crippen molar-refractivity contribution in [2.45, 2.75) is 0 Å². The topological polar surface area (TPSA) is 67.6 Å². The van der Waals surface area contributed by atoms with Crippen LogP contribution in [0.15, 0.2) is 67.0 Å². The molecule has 0 unspecified atom stereocenters. The Morgan fingerprint density at radius 2 is 1.41 bits per heavy atom. The quantitative estimate of drug-likeness (QED) is 0.587. The van der Waals surface area contributed by atoms with E-state index in [0.29, 0.717) is 5.82 Å². The normalized spacial score (nSPS) is 10.9. The molecule has 0 saturated heterocycles. The molecule has 0 saturated carbocycles. The zero-order chi connectivity index (χ0) is 14.9. The number of hydrogen-bond acceptors (Lipinski definition) is 3. The van der Waals surface area contributed by atoms with Crippen LogP contribution < -0.4 is 5.73 Å².